The second-order valence-corrected chi connectivity index (χ2v) is 5.03. The van der Waals surface area contributed by atoms with E-state index in [1.807, 2.05) is 24.4 Å². The lowest BCUT2D eigenvalue weighted by Crippen LogP contribution is -2.42. The van der Waals surface area contributed by atoms with Gasteiger partial charge in [-0.2, -0.15) is 0 Å². The molecule has 0 spiro atoms. The molecule has 20 heavy (non-hydrogen) atoms. The molecule has 0 amide bonds. The van der Waals surface area contributed by atoms with Crippen molar-refractivity contribution in [3.63, 3.8) is 0 Å². The number of nitrogens with zero attached hydrogens (tertiary/aromatic N) is 1. The van der Waals surface area contributed by atoms with Crippen molar-refractivity contribution in [2.75, 3.05) is 20.2 Å². The SMILES string of the molecule is COC(=O)[C@H](Cc1c[nH]c2ccccc12)N1CC=CC1. The number of fused-ring (bicyclic) bond motifs is 1. The Morgan fingerprint density at radius 2 is 2.10 bits per heavy atom. The molecule has 0 fully saturated rings. The van der Waals surface area contributed by atoms with E-state index in [1.54, 1.807) is 0 Å². The highest BCUT2D eigenvalue weighted by Gasteiger charge is 2.28. The number of rotatable bonds is 4. The fraction of sp³-hybridized carbons (Fsp3) is 0.312. The zero-order valence-electron chi connectivity index (χ0n) is 11.5. The highest BCUT2D eigenvalue weighted by atomic mass is 16.5. The lowest BCUT2D eigenvalue weighted by atomic mass is 10.0. The van der Waals surface area contributed by atoms with Crippen molar-refractivity contribution in [1.29, 1.82) is 0 Å². The van der Waals surface area contributed by atoms with Crippen molar-refractivity contribution < 1.29 is 9.53 Å². The van der Waals surface area contributed by atoms with Gasteiger partial charge in [0.25, 0.3) is 0 Å². The Bertz CT molecular complexity index is 637. The van der Waals surface area contributed by atoms with Gasteiger partial charge in [-0.15, -0.1) is 0 Å². The molecular formula is C16H18N2O2. The topological polar surface area (TPSA) is 45.3 Å². The number of hydrogen-bond acceptors (Lipinski definition) is 3. The zero-order chi connectivity index (χ0) is 13.9. The monoisotopic (exact) mass is 270 g/mol. The predicted octanol–water partition coefficient (Wildman–Crippen LogP) is 2.12. The van der Waals surface area contributed by atoms with Gasteiger partial charge in [0, 0.05) is 36.6 Å². The molecular weight excluding hydrogens is 252 g/mol. The molecule has 4 heteroatoms. The quantitative estimate of drug-likeness (QED) is 0.684. The van der Waals surface area contributed by atoms with Gasteiger partial charge in [0.15, 0.2) is 0 Å². The number of methoxy groups -OCH3 is 1. The van der Waals surface area contributed by atoms with Gasteiger partial charge in [-0.3, -0.25) is 9.69 Å². The van der Waals surface area contributed by atoms with E-state index in [1.165, 1.54) is 12.5 Å². The average Bonchev–Trinajstić information content (AvgIpc) is 3.13. The van der Waals surface area contributed by atoms with E-state index in [9.17, 15) is 4.79 Å². The lowest BCUT2D eigenvalue weighted by Gasteiger charge is -2.24. The van der Waals surface area contributed by atoms with Crippen molar-refractivity contribution in [1.82, 2.24) is 9.88 Å². The minimum absolute atomic E-state index is 0.168. The van der Waals surface area contributed by atoms with Gasteiger partial charge in [0.1, 0.15) is 6.04 Å². The van der Waals surface area contributed by atoms with Gasteiger partial charge >= 0.3 is 5.97 Å². The molecule has 0 unspecified atom stereocenters. The summed E-state index contributed by atoms with van der Waals surface area (Å²) < 4.78 is 4.97. The first-order chi connectivity index (χ1) is 9.79. The number of esters is 1. The Labute approximate surface area is 118 Å². The van der Waals surface area contributed by atoms with Crippen molar-refractivity contribution in [3.05, 3.63) is 48.2 Å². The van der Waals surface area contributed by atoms with Crippen LogP contribution in [-0.4, -0.2) is 42.1 Å². The minimum Gasteiger partial charge on any atom is -0.468 e. The number of benzene rings is 1. The number of carbonyl (C=O) groups excluding carboxylic acids is 1. The third-order valence-corrected chi connectivity index (χ3v) is 3.85. The van der Waals surface area contributed by atoms with E-state index in [4.69, 9.17) is 4.74 Å². The molecule has 3 rings (SSSR count). The van der Waals surface area contributed by atoms with E-state index < -0.39 is 0 Å². The summed E-state index contributed by atoms with van der Waals surface area (Å²) in [7, 11) is 1.45. The Morgan fingerprint density at radius 3 is 2.85 bits per heavy atom. The summed E-state index contributed by atoms with van der Waals surface area (Å²) in [5, 5.41) is 1.17. The highest BCUT2D eigenvalue weighted by Crippen LogP contribution is 2.21. The van der Waals surface area contributed by atoms with E-state index in [0.717, 1.165) is 24.2 Å². The minimum atomic E-state index is -0.228. The second kappa shape index (κ2) is 5.51. The van der Waals surface area contributed by atoms with E-state index in [2.05, 4.69) is 28.1 Å². The van der Waals surface area contributed by atoms with Gasteiger partial charge in [0.05, 0.1) is 7.11 Å². The van der Waals surface area contributed by atoms with Crippen LogP contribution >= 0.6 is 0 Å². The summed E-state index contributed by atoms with van der Waals surface area (Å²) >= 11 is 0. The molecule has 1 N–H and O–H groups in total. The van der Waals surface area contributed by atoms with Crippen LogP contribution in [-0.2, 0) is 16.0 Å². The molecule has 104 valence electrons. The molecule has 0 aliphatic carbocycles. The van der Waals surface area contributed by atoms with E-state index in [0.29, 0.717) is 6.42 Å². The number of ether oxygens (including phenoxy) is 1. The maximum absolute atomic E-state index is 12.1. The normalized spacial score (nSPS) is 16.6. The van der Waals surface area contributed by atoms with E-state index in [-0.39, 0.29) is 12.0 Å². The fourth-order valence-corrected chi connectivity index (χ4v) is 2.76. The van der Waals surface area contributed by atoms with Crippen molar-refractivity contribution in [3.8, 4) is 0 Å². The van der Waals surface area contributed by atoms with Gasteiger partial charge in [-0.25, -0.2) is 0 Å². The molecule has 0 radical (unpaired) electrons. The molecule has 1 aliphatic rings. The number of carbonyl (C=O) groups is 1. The summed E-state index contributed by atoms with van der Waals surface area (Å²) in [6, 6.07) is 7.92. The van der Waals surface area contributed by atoms with Crippen LogP contribution in [0, 0.1) is 0 Å². The van der Waals surface area contributed by atoms with Crippen LogP contribution in [0.1, 0.15) is 5.56 Å². The number of aromatic nitrogens is 1. The summed E-state index contributed by atoms with van der Waals surface area (Å²) in [6.45, 7) is 1.62. The maximum atomic E-state index is 12.1. The number of H-pyrrole nitrogens is 1. The highest BCUT2D eigenvalue weighted by molar-refractivity contribution is 5.84. The zero-order valence-corrected chi connectivity index (χ0v) is 11.5. The second-order valence-electron chi connectivity index (χ2n) is 5.03. The van der Waals surface area contributed by atoms with Crippen molar-refractivity contribution in [2.24, 2.45) is 0 Å². The molecule has 0 saturated carbocycles. The molecule has 1 aromatic carbocycles. The Balaban J connectivity index is 1.87. The van der Waals surface area contributed by atoms with Crippen LogP contribution in [0.4, 0.5) is 0 Å². The van der Waals surface area contributed by atoms with Crippen LogP contribution < -0.4 is 0 Å². The predicted molar refractivity (Wildman–Crippen MR) is 78.5 cm³/mol. The molecule has 1 aliphatic heterocycles. The van der Waals surface area contributed by atoms with Gasteiger partial charge in [-0.05, 0) is 11.6 Å². The van der Waals surface area contributed by atoms with Crippen LogP contribution in [0.3, 0.4) is 0 Å². The van der Waals surface area contributed by atoms with Crippen molar-refractivity contribution >= 4 is 16.9 Å². The molecule has 4 nitrogen and oxygen atoms in total. The molecule has 0 saturated heterocycles. The van der Waals surface area contributed by atoms with Crippen LogP contribution in [0.15, 0.2) is 42.6 Å². The average molecular weight is 270 g/mol. The standard InChI is InChI=1S/C16H18N2O2/c1-20-16(19)15(18-8-4-5-9-18)10-12-11-17-14-7-3-2-6-13(12)14/h2-7,11,15,17H,8-10H2,1H3/t15-/m0/s1. The first-order valence-electron chi connectivity index (χ1n) is 6.81. The summed E-state index contributed by atoms with van der Waals surface area (Å²) in [5.74, 6) is -0.168. The third kappa shape index (κ3) is 2.34. The number of hydrogen-bond donors (Lipinski definition) is 1. The summed E-state index contributed by atoms with van der Waals surface area (Å²) in [6.07, 6.45) is 6.83. The molecule has 1 atom stereocenters. The van der Waals surface area contributed by atoms with E-state index >= 15 is 0 Å². The number of nitrogens with one attached hydrogen (secondary N) is 1. The summed E-state index contributed by atoms with van der Waals surface area (Å²) in [5.41, 5.74) is 2.26. The first kappa shape index (κ1) is 12.9. The maximum Gasteiger partial charge on any atom is 0.323 e. The lowest BCUT2D eigenvalue weighted by molar-refractivity contribution is -0.146. The Kier molecular flexibility index (Phi) is 3.56. The van der Waals surface area contributed by atoms with Crippen molar-refractivity contribution in [2.45, 2.75) is 12.5 Å². The largest absolute Gasteiger partial charge is 0.468 e. The van der Waals surface area contributed by atoms with Crippen LogP contribution in [0.2, 0.25) is 0 Å². The van der Waals surface area contributed by atoms with Crippen LogP contribution in [0.25, 0.3) is 10.9 Å². The van der Waals surface area contributed by atoms with Crippen LogP contribution in [0.5, 0.6) is 0 Å². The molecule has 0 bridgehead atoms. The molecule has 2 aromatic rings. The third-order valence-electron chi connectivity index (χ3n) is 3.85. The van der Waals surface area contributed by atoms with Gasteiger partial charge in [0.2, 0.25) is 0 Å². The smallest absolute Gasteiger partial charge is 0.323 e. The molecule has 1 aromatic heterocycles. The summed E-state index contributed by atoms with van der Waals surface area (Å²) in [4.78, 5) is 17.4. The molecule has 2 heterocycles. The van der Waals surface area contributed by atoms with Gasteiger partial charge in [-0.1, -0.05) is 30.4 Å². The Hall–Kier alpha value is -2.07. The fourth-order valence-electron chi connectivity index (χ4n) is 2.76. The van der Waals surface area contributed by atoms with Gasteiger partial charge < -0.3 is 9.72 Å². The Morgan fingerprint density at radius 1 is 1.35 bits per heavy atom. The first-order valence-corrected chi connectivity index (χ1v) is 6.81. The number of para-hydroxylation sites is 1. The number of aromatic amines is 1.